The molecule has 2 nitrogen and oxygen atoms in total. The monoisotopic (exact) mass is 306 g/mol. The molecule has 0 aromatic heterocycles. The van der Waals surface area contributed by atoms with Gasteiger partial charge in [0.15, 0.2) is 0 Å². The first kappa shape index (κ1) is 14.4. The zero-order valence-electron chi connectivity index (χ0n) is 11.5. The molecule has 1 aliphatic carbocycles. The van der Waals surface area contributed by atoms with E-state index in [4.69, 9.17) is 16.3 Å². The summed E-state index contributed by atoms with van der Waals surface area (Å²) in [4.78, 5) is 0. The molecule has 0 bridgehead atoms. The molecular weight excluding hydrogens is 291 g/mol. The Balaban J connectivity index is 1.73. The molecule has 0 spiro atoms. The van der Waals surface area contributed by atoms with E-state index in [2.05, 4.69) is 0 Å². The van der Waals surface area contributed by atoms with Gasteiger partial charge in [-0.05, 0) is 60.2 Å². The lowest BCUT2D eigenvalue weighted by molar-refractivity contribution is 0.156. The summed E-state index contributed by atoms with van der Waals surface area (Å²) in [5.41, 5.74) is 2.95. The molecule has 0 fully saturated rings. The van der Waals surface area contributed by atoms with Crippen molar-refractivity contribution in [2.75, 3.05) is 0 Å². The number of rotatable bonds is 3. The highest BCUT2D eigenvalue weighted by atomic mass is 35.5. The van der Waals surface area contributed by atoms with Gasteiger partial charge < -0.3 is 9.84 Å². The number of aryl methyl sites for hydroxylation is 1. The summed E-state index contributed by atoms with van der Waals surface area (Å²) in [6.07, 6.45) is 2.41. The van der Waals surface area contributed by atoms with Gasteiger partial charge in [0.25, 0.3) is 0 Å². The van der Waals surface area contributed by atoms with Gasteiger partial charge in [0, 0.05) is 0 Å². The predicted molar refractivity (Wildman–Crippen MR) is 80.1 cm³/mol. The summed E-state index contributed by atoms with van der Waals surface area (Å²) in [5, 5.41) is 10.1. The molecule has 0 radical (unpaired) electrons. The normalized spacial score (nSPS) is 17.4. The van der Waals surface area contributed by atoms with E-state index in [0.29, 0.717) is 12.4 Å². The Hall–Kier alpha value is -1.58. The van der Waals surface area contributed by atoms with Crippen molar-refractivity contribution in [3.63, 3.8) is 0 Å². The molecule has 110 valence electrons. The van der Waals surface area contributed by atoms with Crippen molar-refractivity contribution in [3.05, 3.63) is 63.9 Å². The van der Waals surface area contributed by atoms with Crippen molar-refractivity contribution < 1.29 is 14.2 Å². The second-order valence-electron chi connectivity index (χ2n) is 5.31. The Morgan fingerprint density at radius 2 is 2.10 bits per heavy atom. The molecule has 3 rings (SSSR count). The molecule has 21 heavy (non-hydrogen) atoms. The number of hydrogen-bond acceptors (Lipinski definition) is 2. The fourth-order valence-electron chi connectivity index (χ4n) is 2.64. The third-order valence-corrected chi connectivity index (χ3v) is 4.08. The number of aliphatic hydroxyl groups excluding tert-OH is 1. The molecule has 0 amide bonds. The predicted octanol–water partition coefficient (Wildman–Crippen LogP) is 4.43. The zero-order chi connectivity index (χ0) is 14.8. The van der Waals surface area contributed by atoms with Crippen LogP contribution >= 0.6 is 11.6 Å². The molecule has 1 atom stereocenters. The van der Waals surface area contributed by atoms with Gasteiger partial charge in [-0.1, -0.05) is 23.7 Å². The van der Waals surface area contributed by atoms with Crippen LogP contribution in [0.3, 0.4) is 0 Å². The number of hydrogen-bond donors (Lipinski definition) is 1. The van der Waals surface area contributed by atoms with Crippen LogP contribution in [-0.2, 0) is 13.0 Å². The standard InChI is InChI=1S/C17H16ClFO2/c18-15-8-11(4-7-16(15)19)10-21-13-6-5-12-2-1-3-17(20)14(12)9-13/h4-9,17,20H,1-3,10H2/t17-/m0/s1. The van der Waals surface area contributed by atoms with E-state index in [-0.39, 0.29) is 5.02 Å². The molecule has 4 heteroatoms. The summed E-state index contributed by atoms with van der Waals surface area (Å²) < 4.78 is 18.8. The minimum Gasteiger partial charge on any atom is -0.489 e. The van der Waals surface area contributed by atoms with Crippen LogP contribution in [-0.4, -0.2) is 5.11 Å². The van der Waals surface area contributed by atoms with Crippen LogP contribution in [0.15, 0.2) is 36.4 Å². The SMILES string of the molecule is O[C@H]1CCCc2ccc(OCc3ccc(F)c(Cl)c3)cc21. The fraction of sp³-hybridized carbons (Fsp3) is 0.294. The summed E-state index contributed by atoms with van der Waals surface area (Å²) in [5.74, 6) is 0.271. The quantitative estimate of drug-likeness (QED) is 0.909. The molecule has 2 aromatic carbocycles. The number of ether oxygens (including phenoxy) is 1. The number of benzene rings is 2. The second-order valence-corrected chi connectivity index (χ2v) is 5.71. The first-order valence-corrected chi connectivity index (χ1v) is 7.39. The van der Waals surface area contributed by atoms with Gasteiger partial charge in [0.1, 0.15) is 18.2 Å². The van der Waals surface area contributed by atoms with Crippen LogP contribution < -0.4 is 4.74 Å². The highest BCUT2D eigenvalue weighted by Crippen LogP contribution is 2.32. The average Bonchev–Trinajstić information content (AvgIpc) is 2.49. The maximum Gasteiger partial charge on any atom is 0.141 e. The third-order valence-electron chi connectivity index (χ3n) is 3.79. The lowest BCUT2D eigenvalue weighted by Crippen LogP contribution is -2.09. The number of halogens is 2. The fourth-order valence-corrected chi connectivity index (χ4v) is 2.84. The molecule has 0 saturated heterocycles. The topological polar surface area (TPSA) is 29.5 Å². The van der Waals surface area contributed by atoms with Gasteiger partial charge in [-0.3, -0.25) is 0 Å². The highest BCUT2D eigenvalue weighted by Gasteiger charge is 2.18. The molecule has 2 aromatic rings. The Labute approximate surface area is 128 Å². The van der Waals surface area contributed by atoms with Gasteiger partial charge in [0.2, 0.25) is 0 Å². The molecule has 1 aliphatic rings. The third kappa shape index (κ3) is 3.20. The van der Waals surface area contributed by atoms with Crippen molar-refractivity contribution >= 4 is 11.6 Å². The van der Waals surface area contributed by atoms with E-state index in [1.807, 2.05) is 18.2 Å². The van der Waals surface area contributed by atoms with Crippen LogP contribution in [0, 0.1) is 5.82 Å². The lowest BCUT2D eigenvalue weighted by atomic mass is 9.89. The molecule has 0 unspecified atom stereocenters. The Kier molecular flexibility index (Phi) is 4.13. The lowest BCUT2D eigenvalue weighted by Gasteiger charge is -2.22. The van der Waals surface area contributed by atoms with Gasteiger partial charge in [-0.2, -0.15) is 0 Å². The molecule has 0 saturated carbocycles. The van der Waals surface area contributed by atoms with Gasteiger partial charge >= 0.3 is 0 Å². The van der Waals surface area contributed by atoms with Crippen molar-refractivity contribution in [2.24, 2.45) is 0 Å². The zero-order valence-corrected chi connectivity index (χ0v) is 12.2. The Bertz CT molecular complexity index is 657. The number of fused-ring (bicyclic) bond motifs is 1. The van der Waals surface area contributed by atoms with E-state index in [1.54, 1.807) is 12.1 Å². The van der Waals surface area contributed by atoms with Gasteiger partial charge in [0.05, 0.1) is 11.1 Å². The summed E-state index contributed by atoms with van der Waals surface area (Å²) >= 11 is 5.75. The van der Waals surface area contributed by atoms with Crippen LogP contribution in [0.4, 0.5) is 4.39 Å². The molecule has 0 aliphatic heterocycles. The van der Waals surface area contributed by atoms with Gasteiger partial charge in [-0.15, -0.1) is 0 Å². The molecular formula is C17H16ClFO2. The van der Waals surface area contributed by atoms with Crippen molar-refractivity contribution in [1.82, 2.24) is 0 Å². The van der Waals surface area contributed by atoms with Crippen molar-refractivity contribution in [2.45, 2.75) is 32.0 Å². The minimum atomic E-state index is -0.433. The van der Waals surface area contributed by atoms with E-state index >= 15 is 0 Å². The molecule has 1 N–H and O–H groups in total. The second kappa shape index (κ2) is 6.04. The molecule has 0 heterocycles. The van der Waals surface area contributed by atoms with Crippen molar-refractivity contribution in [3.8, 4) is 5.75 Å². The maximum atomic E-state index is 13.1. The van der Waals surface area contributed by atoms with E-state index in [1.165, 1.54) is 11.6 Å². The summed E-state index contributed by atoms with van der Waals surface area (Å²) in [6, 6.07) is 10.3. The van der Waals surface area contributed by atoms with E-state index in [9.17, 15) is 9.50 Å². The first-order chi connectivity index (χ1) is 10.1. The maximum absolute atomic E-state index is 13.1. The van der Waals surface area contributed by atoms with E-state index in [0.717, 1.165) is 30.4 Å². The summed E-state index contributed by atoms with van der Waals surface area (Å²) in [6.45, 7) is 0.314. The van der Waals surface area contributed by atoms with Crippen LogP contribution in [0.2, 0.25) is 5.02 Å². The highest BCUT2D eigenvalue weighted by molar-refractivity contribution is 6.30. The smallest absolute Gasteiger partial charge is 0.141 e. The van der Waals surface area contributed by atoms with Gasteiger partial charge in [-0.25, -0.2) is 4.39 Å². The average molecular weight is 307 g/mol. The first-order valence-electron chi connectivity index (χ1n) is 7.01. The van der Waals surface area contributed by atoms with E-state index < -0.39 is 11.9 Å². The minimum absolute atomic E-state index is 0.0944. The Morgan fingerprint density at radius 1 is 1.24 bits per heavy atom. The largest absolute Gasteiger partial charge is 0.489 e. The summed E-state index contributed by atoms with van der Waals surface area (Å²) in [7, 11) is 0. The van der Waals surface area contributed by atoms with Crippen LogP contribution in [0.5, 0.6) is 5.75 Å². The van der Waals surface area contributed by atoms with Crippen LogP contribution in [0.25, 0.3) is 0 Å². The van der Waals surface area contributed by atoms with Crippen LogP contribution in [0.1, 0.15) is 35.6 Å². The number of aliphatic hydroxyl groups is 1. The Morgan fingerprint density at radius 3 is 2.90 bits per heavy atom. The van der Waals surface area contributed by atoms with Crippen molar-refractivity contribution in [1.29, 1.82) is 0 Å².